The molecule has 0 saturated carbocycles. The van der Waals surface area contributed by atoms with E-state index >= 15 is 0 Å². The predicted octanol–water partition coefficient (Wildman–Crippen LogP) is 3.16. The fraction of sp³-hybridized carbons (Fsp3) is 1.00. The van der Waals surface area contributed by atoms with E-state index in [-0.39, 0.29) is 6.61 Å². The lowest BCUT2D eigenvalue weighted by molar-refractivity contribution is 0.0837. The van der Waals surface area contributed by atoms with Crippen LogP contribution in [0.4, 0.5) is 4.39 Å². The zero-order chi connectivity index (χ0) is 13.5. The number of unbranched alkanes of at least 4 members (excludes halogenated alkanes) is 1. The third-order valence-electron chi connectivity index (χ3n) is 3.29. The molecule has 0 spiro atoms. The van der Waals surface area contributed by atoms with Gasteiger partial charge in [-0.05, 0) is 18.3 Å². The van der Waals surface area contributed by atoms with E-state index < -0.39 is 16.8 Å². The topological polar surface area (TPSA) is 20.2 Å². The van der Waals surface area contributed by atoms with Gasteiger partial charge in [0.15, 0.2) is 0 Å². The van der Waals surface area contributed by atoms with E-state index in [1.165, 1.54) is 0 Å². The van der Waals surface area contributed by atoms with Crippen LogP contribution in [0.1, 0.15) is 59.3 Å². The molecular weight excluding hydrogens is 213 g/mol. The van der Waals surface area contributed by atoms with Gasteiger partial charge in [-0.25, -0.2) is 4.39 Å². The molecule has 0 aliphatic heterocycles. The van der Waals surface area contributed by atoms with Gasteiger partial charge in [0.2, 0.25) is 0 Å². The van der Waals surface area contributed by atoms with E-state index in [0.29, 0.717) is 25.7 Å². The first kappa shape index (κ1) is 17.0. The fourth-order valence-electron chi connectivity index (χ4n) is 2.26. The molecule has 0 aromatic rings. The zero-order valence-electron chi connectivity index (χ0n) is 11.5. The molecule has 0 bridgehead atoms. The molecule has 2 unspecified atom stereocenters. The van der Waals surface area contributed by atoms with Crippen molar-refractivity contribution >= 4 is 15.7 Å². The lowest BCUT2D eigenvalue weighted by atomic mass is 9.47. The molecule has 0 amide bonds. The Morgan fingerprint density at radius 1 is 1.29 bits per heavy atom. The summed E-state index contributed by atoms with van der Waals surface area (Å²) in [7, 11) is 12.1. The van der Waals surface area contributed by atoms with Crippen LogP contribution in [0.2, 0.25) is 5.21 Å². The highest BCUT2D eigenvalue weighted by molar-refractivity contribution is 6.39. The van der Waals surface area contributed by atoms with Crippen LogP contribution in [0.25, 0.3) is 0 Å². The number of aliphatic hydroxyl groups is 1. The Hall–Kier alpha value is 0.0199. The summed E-state index contributed by atoms with van der Waals surface area (Å²) in [5.74, 6) is 0. The van der Waals surface area contributed by atoms with Crippen LogP contribution in [0.3, 0.4) is 0 Å². The standard InChI is InChI=1S/C13H25B2FO/c1-4-6-7-13(14,15)9-12(3,10-17)8-11(16)5-2/h11,17H,4-10H2,1-3H3. The first-order valence-electron chi connectivity index (χ1n) is 6.61. The summed E-state index contributed by atoms with van der Waals surface area (Å²) >= 11 is 0. The van der Waals surface area contributed by atoms with E-state index in [0.717, 1.165) is 12.8 Å². The van der Waals surface area contributed by atoms with E-state index in [4.69, 9.17) is 15.7 Å². The lowest BCUT2D eigenvalue weighted by Crippen LogP contribution is -2.31. The average molecular weight is 238 g/mol. The summed E-state index contributed by atoms with van der Waals surface area (Å²) in [6, 6.07) is 0. The second-order valence-electron chi connectivity index (χ2n) is 5.69. The SMILES string of the molecule is [B]C([B])(CCCC)CC(C)(CO)CC(F)CC. The van der Waals surface area contributed by atoms with Crippen molar-refractivity contribution in [3.05, 3.63) is 0 Å². The summed E-state index contributed by atoms with van der Waals surface area (Å²) in [6.45, 7) is 5.67. The Kier molecular flexibility index (Phi) is 7.46. The highest BCUT2D eigenvalue weighted by Gasteiger charge is 2.33. The predicted molar refractivity (Wildman–Crippen MR) is 73.3 cm³/mol. The maximum absolute atomic E-state index is 13.4. The van der Waals surface area contributed by atoms with Crippen molar-refractivity contribution in [2.45, 2.75) is 70.7 Å². The molecule has 0 aliphatic carbocycles. The molecule has 1 N–H and O–H groups in total. The number of hydrogen-bond donors (Lipinski definition) is 1. The molecule has 0 rings (SSSR count). The summed E-state index contributed by atoms with van der Waals surface area (Å²) in [4.78, 5) is 0. The number of alkyl halides is 1. The summed E-state index contributed by atoms with van der Waals surface area (Å²) in [5, 5.41) is 8.64. The van der Waals surface area contributed by atoms with Gasteiger partial charge in [-0.2, -0.15) is 0 Å². The summed E-state index contributed by atoms with van der Waals surface area (Å²) in [5.41, 5.74) is -0.521. The van der Waals surface area contributed by atoms with Crippen LogP contribution in [0.5, 0.6) is 0 Å². The van der Waals surface area contributed by atoms with Crippen molar-refractivity contribution in [1.29, 1.82) is 0 Å². The third-order valence-corrected chi connectivity index (χ3v) is 3.29. The van der Waals surface area contributed by atoms with Crippen LogP contribution in [-0.2, 0) is 0 Å². The van der Waals surface area contributed by atoms with Crippen molar-refractivity contribution in [2.75, 3.05) is 6.61 Å². The molecule has 0 aliphatic rings. The molecule has 0 aromatic carbocycles. The van der Waals surface area contributed by atoms with Gasteiger partial charge in [0.25, 0.3) is 0 Å². The molecule has 17 heavy (non-hydrogen) atoms. The first-order chi connectivity index (χ1) is 7.78. The number of halogens is 1. The number of hydrogen-bond acceptors (Lipinski definition) is 1. The Morgan fingerprint density at radius 3 is 2.29 bits per heavy atom. The number of aliphatic hydroxyl groups excluding tert-OH is 1. The lowest BCUT2D eigenvalue weighted by Gasteiger charge is -2.38. The fourth-order valence-corrected chi connectivity index (χ4v) is 2.26. The Bertz CT molecular complexity index is 212. The molecule has 4 radical (unpaired) electrons. The molecule has 0 fully saturated rings. The van der Waals surface area contributed by atoms with Crippen molar-refractivity contribution in [2.24, 2.45) is 5.41 Å². The van der Waals surface area contributed by atoms with Crippen LogP contribution in [0.15, 0.2) is 0 Å². The minimum Gasteiger partial charge on any atom is -0.396 e. The largest absolute Gasteiger partial charge is 0.396 e. The molecule has 96 valence electrons. The molecule has 2 atom stereocenters. The monoisotopic (exact) mass is 238 g/mol. The first-order valence-corrected chi connectivity index (χ1v) is 6.61. The van der Waals surface area contributed by atoms with E-state index in [9.17, 15) is 9.50 Å². The Labute approximate surface area is 108 Å². The maximum Gasteiger partial charge on any atom is 0.100 e. The van der Waals surface area contributed by atoms with Gasteiger partial charge in [-0.3, -0.25) is 0 Å². The summed E-state index contributed by atoms with van der Waals surface area (Å²) < 4.78 is 13.4. The van der Waals surface area contributed by atoms with Crippen molar-refractivity contribution in [1.82, 2.24) is 0 Å². The van der Waals surface area contributed by atoms with Crippen molar-refractivity contribution in [3.63, 3.8) is 0 Å². The molecule has 0 heterocycles. The highest BCUT2D eigenvalue weighted by Crippen LogP contribution is 2.41. The Balaban J connectivity index is 4.44. The summed E-state index contributed by atoms with van der Waals surface area (Å²) in [6.07, 6.45) is 3.05. The minimum atomic E-state index is -0.894. The van der Waals surface area contributed by atoms with Gasteiger partial charge in [-0.15, -0.1) is 0 Å². The molecule has 0 aromatic heterocycles. The van der Waals surface area contributed by atoms with Crippen LogP contribution in [-0.4, -0.2) is 33.6 Å². The highest BCUT2D eigenvalue weighted by atomic mass is 19.1. The average Bonchev–Trinajstić information content (AvgIpc) is 2.25. The Morgan fingerprint density at radius 2 is 1.88 bits per heavy atom. The smallest absolute Gasteiger partial charge is 0.100 e. The normalized spacial score (nSPS) is 17.7. The van der Waals surface area contributed by atoms with Crippen LogP contribution >= 0.6 is 0 Å². The van der Waals surface area contributed by atoms with Crippen molar-refractivity contribution < 1.29 is 9.50 Å². The second kappa shape index (κ2) is 7.45. The molecule has 4 heteroatoms. The van der Waals surface area contributed by atoms with Gasteiger partial charge in [0.1, 0.15) is 6.17 Å². The van der Waals surface area contributed by atoms with Gasteiger partial charge < -0.3 is 5.11 Å². The van der Waals surface area contributed by atoms with Crippen molar-refractivity contribution in [3.8, 4) is 0 Å². The quantitative estimate of drug-likeness (QED) is 0.611. The maximum atomic E-state index is 13.4. The van der Waals surface area contributed by atoms with Gasteiger partial charge in [0, 0.05) is 6.61 Å². The number of rotatable bonds is 9. The third kappa shape index (κ3) is 7.13. The zero-order valence-corrected chi connectivity index (χ0v) is 11.5. The van der Waals surface area contributed by atoms with E-state index in [2.05, 4.69) is 6.92 Å². The van der Waals surface area contributed by atoms with Crippen LogP contribution < -0.4 is 0 Å². The molecule has 0 saturated heterocycles. The van der Waals surface area contributed by atoms with Gasteiger partial charge in [-0.1, -0.05) is 51.7 Å². The van der Waals surface area contributed by atoms with Gasteiger partial charge >= 0.3 is 0 Å². The second-order valence-corrected chi connectivity index (χ2v) is 5.69. The van der Waals surface area contributed by atoms with Crippen LogP contribution in [0, 0.1) is 5.41 Å². The molecule has 1 nitrogen and oxygen atoms in total. The van der Waals surface area contributed by atoms with Gasteiger partial charge in [0.05, 0.1) is 15.7 Å². The molecular formula is C13H25B2FO. The van der Waals surface area contributed by atoms with E-state index in [1.54, 1.807) is 6.92 Å². The minimum absolute atomic E-state index is 0.0737. The van der Waals surface area contributed by atoms with E-state index in [1.807, 2.05) is 6.92 Å².